The van der Waals surface area contributed by atoms with Crippen molar-refractivity contribution in [3.05, 3.63) is 34.9 Å². The fourth-order valence-corrected chi connectivity index (χ4v) is 5.01. The molecule has 0 saturated carbocycles. The summed E-state index contributed by atoms with van der Waals surface area (Å²) in [6.07, 6.45) is 7.88. The SMILES string of the molecule is COc1cnc(Nc2ccc3oc(=O)[nH]c3c2)nc1N(C)[C@H]1CCCN2CCCC[C@H]12. The van der Waals surface area contributed by atoms with E-state index in [9.17, 15) is 4.79 Å². The number of nitrogens with one attached hydrogen (secondary N) is 2. The molecule has 5 rings (SSSR count). The maximum atomic E-state index is 11.4. The number of piperidine rings is 2. The quantitative estimate of drug-likeness (QED) is 0.645. The number of hydrogen-bond acceptors (Lipinski definition) is 8. The summed E-state index contributed by atoms with van der Waals surface area (Å²) in [4.78, 5) is 28.2. The lowest BCUT2D eigenvalue weighted by Crippen LogP contribution is -2.56. The van der Waals surface area contributed by atoms with Gasteiger partial charge in [0.15, 0.2) is 17.2 Å². The van der Waals surface area contributed by atoms with Crippen molar-refractivity contribution in [2.24, 2.45) is 0 Å². The van der Waals surface area contributed by atoms with E-state index < -0.39 is 5.76 Å². The number of benzene rings is 1. The topological polar surface area (TPSA) is 99.5 Å². The number of oxazole rings is 1. The van der Waals surface area contributed by atoms with Gasteiger partial charge in [0.25, 0.3) is 0 Å². The smallest absolute Gasteiger partial charge is 0.417 e. The zero-order chi connectivity index (χ0) is 21.4. The summed E-state index contributed by atoms with van der Waals surface area (Å²) in [7, 11) is 3.76. The Labute approximate surface area is 180 Å². The summed E-state index contributed by atoms with van der Waals surface area (Å²) in [6.45, 7) is 2.39. The molecule has 0 aliphatic carbocycles. The number of ether oxygens (including phenoxy) is 1. The van der Waals surface area contributed by atoms with Gasteiger partial charge < -0.3 is 19.4 Å². The fraction of sp³-hybridized carbons (Fsp3) is 0.500. The molecule has 2 atom stereocenters. The highest BCUT2D eigenvalue weighted by Crippen LogP contribution is 2.34. The number of methoxy groups -OCH3 is 1. The van der Waals surface area contributed by atoms with Crippen molar-refractivity contribution in [1.82, 2.24) is 19.9 Å². The highest BCUT2D eigenvalue weighted by Gasteiger charge is 2.36. The Morgan fingerprint density at radius 1 is 1.26 bits per heavy atom. The third kappa shape index (κ3) is 3.85. The van der Waals surface area contributed by atoms with Crippen LogP contribution in [0.4, 0.5) is 17.5 Å². The minimum atomic E-state index is -0.471. The van der Waals surface area contributed by atoms with Gasteiger partial charge in [-0.2, -0.15) is 4.98 Å². The van der Waals surface area contributed by atoms with Gasteiger partial charge in [0, 0.05) is 24.8 Å². The molecule has 2 fully saturated rings. The third-order valence-corrected chi connectivity index (χ3v) is 6.52. The average Bonchev–Trinajstić information content (AvgIpc) is 3.17. The van der Waals surface area contributed by atoms with Gasteiger partial charge in [-0.05, 0) is 57.0 Å². The summed E-state index contributed by atoms with van der Waals surface area (Å²) < 4.78 is 10.7. The Kier molecular flexibility index (Phi) is 5.27. The van der Waals surface area contributed by atoms with Crippen LogP contribution in [0.1, 0.15) is 32.1 Å². The first-order valence-electron chi connectivity index (χ1n) is 10.9. The van der Waals surface area contributed by atoms with Gasteiger partial charge in [0.1, 0.15) is 0 Å². The Morgan fingerprint density at radius 2 is 2.13 bits per heavy atom. The number of hydrogen-bond donors (Lipinski definition) is 2. The van der Waals surface area contributed by atoms with E-state index >= 15 is 0 Å². The molecular formula is C22H28N6O3. The van der Waals surface area contributed by atoms with Crippen LogP contribution < -0.4 is 20.7 Å². The van der Waals surface area contributed by atoms with Crippen LogP contribution in [-0.2, 0) is 0 Å². The van der Waals surface area contributed by atoms with E-state index in [1.807, 2.05) is 6.07 Å². The van der Waals surface area contributed by atoms with E-state index in [-0.39, 0.29) is 0 Å². The number of aromatic amines is 1. The summed E-state index contributed by atoms with van der Waals surface area (Å²) in [5.74, 6) is 1.45. The lowest BCUT2D eigenvalue weighted by Gasteiger charge is -2.47. The van der Waals surface area contributed by atoms with Crippen LogP contribution in [0, 0.1) is 0 Å². The van der Waals surface area contributed by atoms with Crippen LogP contribution in [0.15, 0.2) is 33.6 Å². The number of nitrogens with zero attached hydrogens (tertiary/aromatic N) is 4. The Bertz CT molecular complexity index is 1120. The van der Waals surface area contributed by atoms with E-state index in [0.29, 0.717) is 34.9 Å². The number of fused-ring (bicyclic) bond motifs is 2. The van der Waals surface area contributed by atoms with Gasteiger partial charge in [0.2, 0.25) is 5.95 Å². The van der Waals surface area contributed by atoms with Crippen molar-refractivity contribution < 1.29 is 9.15 Å². The van der Waals surface area contributed by atoms with E-state index in [1.165, 1.54) is 38.8 Å². The normalized spacial score (nSPS) is 21.6. The molecule has 0 bridgehead atoms. The highest BCUT2D eigenvalue weighted by atomic mass is 16.5. The van der Waals surface area contributed by atoms with Crippen molar-refractivity contribution in [3.8, 4) is 5.75 Å². The van der Waals surface area contributed by atoms with Gasteiger partial charge in [-0.1, -0.05) is 6.42 Å². The summed E-state index contributed by atoms with van der Waals surface area (Å²) in [5, 5.41) is 3.23. The first-order chi connectivity index (χ1) is 15.1. The first kappa shape index (κ1) is 19.9. The molecule has 9 nitrogen and oxygen atoms in total. The van der Waals surface area contributed by atoms with Crippen LogP contribution in [0.3, 0.4) is 0 Å². The van der Waals surface area contributed by atoms with Crippen molar-refractivity contribution in [2.45, 2.75) is 44.2 Å². The van der Waals surface area contributed by atoms with Crippen LogP contribution in [-0.4, -0.2) is 59.2 Å². The molecule has 0 spiro atoms. The molecule has 4 heterocycles. The lowest BCUT2D eigenvalue weighted by atomic mass is 9.88. The second-order valence-corrected chi connectivity index (χ2v) is 8.36. The van der Waals surface area contributed by atoms with E-state index in [4.69, 9.17) is 14.1 Å². The molecule has 1 aromatic carbocycles. The van der Waals surface area contributed by atoms with Gasteiger partial charge in [-0.15, -0.1) is 0 Å². The largest absolute Gasteiger partial charge is 0.491 e. The second-order valence-electron chi connectivity index (χ2n) is 8.36. The lowest BCUT2D eigenvalue weighted by molar-refractivity contribution is 0.0892. The summed E-state index contributed by atoms with van der Waals surface area (Å²) in [5.41, 5.74) is 1.90. The highest BCUT2D eigenvalue weighted by molar-refractivity contribution is 5.78. The van der Waals surface area contributed by atoms with Crippen molar-refractivity contribution >= 4 is 28.6 Å². The van der Waals surface area contributed by atoms with Crippen LogP contribution in [0.5, 0.6) is 5.75 Å². The summed E-state index contributed by atoms with van der Waals surface area (Å²) >= 11 is 0. The molecule has 9 heteroatoms. The average molecular weight is 425 g/mol. The third-order valence-electron chi connectivity index (χ3n) is 6.52. The van der Waals surface area contributed by atoms with E-state index in [0.717, 1.165) is 17.9 Å². The first-order valence-corrected chi connectivity index (χ1v) is 10.9. The molecule has 0 unspecified atom stereocenters. The minimum absolute atomic E-state index is 0.401. The molecular weight excluding hydrogens is 396 g/mol. The fourth-order valence-electron chi connectivity index (χ4n) is 5.01. The van der Waals surface area contributed by atoms with Crippen molar-refractivity contribution in [1.29, 1.82) is 0 Å². The molecule has 31 heavy (non-hydrogen) atoms. The standard InChI is InChI=1S/C22H28N6O3/c1-27(16-7-5-11-28-10-4-3-6-17(16)28)20-19(30-2)13-23-21(26-20)24-14-8-9-18-15(12-14)25-22(29)31-18/h8-9,12-13,16-17H,3-7,10-11H2,1-2H3,(H,25,29)(H,23,24,26)/t16-,17+/m0/s1. The number of aromatic nitrogens is 3. The van der Waals surface area contributed by atoms with Crippen LogP contribution in [0.25, 0.3) is 11.1 Å². The second kappa shape index (κ2) is 8.22. The Morgan fingerprint density at radius 3 is 3.00 bits per heavy atom. The van der Waals surface area contributed by atoms with Gasteiger partial charge in [0.05, 0.1) is 18.8 Å². The molecule has 2 aromatic heterocycles. The zero-order valence-electron chi connectivity index (χ0n) is 17.9. The molecule has 2 aliphatic rings. The molecule has 2 aliphatic heterocycles. The molecule has 164 valence electrons. The minimum Gasteiger partial charge on any atom is -0.491 e. The number of rotatable bonds is 5. The Balaban J connectivity index is 1.42. The number of likely N-dealkylation sites (N-methyl/N-ethyl adjacent to an activating group) is 1. The molecule has 3 aromatic rings. The predicted molar refractivity (Wildman–Crippen MR) is 119 cm³/mol. The number of H-pyrrole nitrogens is 1. The van der Waals surface area contributed by atoms with Crippen molar-refractivity contribution in [2.75, 3.05) is 37.5 Å². The Hall–Kier alpha value is -3.07. The van der Waals surface area contributed by atoms with Crippen LogP contribution >= 0.6 is 0 Å². The van der Waals surface area contributed by atoms with Gasteiger partial charge in [-0.3, -0.25) is 9.88 Å². The zero-order valence-corrected chi connectivity index (χ0v) is 17.9. The molecule has 0 amide bonds. The maximum Gasteiger partial charge on any atom is 0.417 e. The summed E-state index contributed by atoms with van der Waals surface area (Å²) in [6, 6.07) is 6.34. The molecule has 0 radical (unpaired) electrons. The van der Waals surface area contributed by atoms with Crippen LogP contribution in [0.2, 0.25) is 0 Å². The molecule has 2 saturated heterocycles. The predicted octanol–water partition coefficient (Wildman–Crippen LogP) is 3.12. The molecule has 2 N–H and O–H groups in total. The van der Waals surface area contributed by atoms with E-state index in [1.54, 1.807) is 25.4 Å². The van der Waals surface area contributed by atoms with E-state index in [2.05, 4.69) is 32.1 Å². The number of anilines is 3. The monoisotopic (exact) mass is 424 g/mol. The maximum absolute atomic E-state index is 11.4. The van der Waals surface area contributed by atoms with Gasteiger partial charge >= 0.3 is 5.76 Å². The van der Waals surface area contributed by atoms with Gasteiger partial charge in [-0.25, -0.2) is 9.78 Å². The van der Waals surface area contributed by atoms with Crippen molar-refractivity contribution in [3.63, 3.8) is 0 Å².